The number of hydrogen-bond donors (Lipinski definition) is 2. The van der Waals surface area contributed by atoms with Gasteiger partial charge in [-0.1, -0.05) is 0 Å². The molecule has 5 nitrogen and oxygen atoms in total. The molecule has 1 aliphatic heterocycles. The Kier molecular flexibility index (Phi) is 8.12. The number of piperidine rings is 1. The fourth-order valence-corrected chi connectivity index (χ4v) is 2.20. The second-order valence-electron chi connectivity index (χ2n) is 4.90. The summed E-state index contributed by atoms with van der Waals surface area (Å²) in [5, 5.41) is 6.19. The maximum Gasteiger partial charge on any atom is 0.228 e. The van der Waals surface area contributed by atoms with Crippen molar-refractivity contribution in [1.82, 2.24) is 5.32 Å². The van der Waals surface area contributed by atoms with E-state index >= 15 is 0 Å². The zero-order chi connectivity index (χ0) is 14.2. The fourth-order valence-electron chi connectivity index (χ4n) is 2.20. The molecule has 1 saturated heterocycles. The normalized spacial score (nSPS) is 17.7. The Bertz CT molecular complexity index is 419. The molecule has 1 aromatic rings. The summed E-state index contributed by atoms with van der Waals surface area (Å²) in [5.74, 6) is 0.936. The lowest BCUT2D eigenvalue weighted by Gasteiger charge is -2.21. The third-order valence-corrected chi connectivity index (χ3v) is 3.35. The molecular formula is C15H23ClN2O3. The van der Waals surface area contributed by atoms with E-state index < -0.39 is 0 Å². The number of amides is 1. The van der Waals surface area contributed by atoms with Crippen LogP contribution in [-0.2, 0) is 9.53 Å². The number of rotatable bonds is 6. The van der Waals surface area contributed by atoms with Crippen LogP contribution < -0.4 is 15.4 Å². The van der Waals surface area contributed by atoms with Gasteiger partial charge in [0.25, 0.3) is 0 Å². The average molecular weight is 315 g/mol. The molecule has 118 valence electrons. The highest BCUT2D eigenvalue weighted by atomic mass is 35.5. The molecule has 21 heavy (non-hydrogen) atoms. The van der Waals surface area contributed by atoms with Gasteiger partial charge in [0.15, 0.2) is 0 Å². The number of ether oxygens (including phenoxy) is 2. The fraction of sp³-hybridized carbons (Fsp3) is 0.533. The smallest absolute Gasteiger partial charge is 0.228 e. The van der Waals surface area contributed by atoms with Crippen molar-refractivity contribution in [2.45, 2.75) is 12.8 Å². The van der Waals surface area contributed by atoms with Crippen molar-refractivity contribution >= 4 is 24.0 Å². The standard InChI is InChI=1S/C15H22N2O3.ClH/c1-19-9-10-20-14-6-4-13(5-7-14)17-15(18)12-3-2-8-16-11-12;/h4-7,12,16H,2-3,8-11H2,1H3,(H,17,18);1H. The summed E-state index contributed by atoms with van der Waals surface area (Å²) in [5.41, 5.74) is 0.805. The first-order valence-corrected chi connectivity index (χ1v) is 7.03. The Balaban J connectivity index is 0.00000220. The number of anilines is 1. The molecule has 1 unspecified atom stereocenters. The molecule has 1 atom stereocenters. The minimum atomic E-state index is 0. The van der Waals surface area contributed by atoms with Gasteiger partial charge in [0, 0.05) is 19.3 Å². The molecule has 1 fully saturated rings. The summed E-state index contributed by atoms with van der Waals surface area (Å²) in [4.78, 5) is 12.1. The molecule has 0 aliphatic carbocycles. The van der Waals surface area contributed by atoms with E-state index in [9.17, 15) is 4.79 Å². The second-order valence-corrected chi connectivity index (χ2v) is 4.90. The average Bonchev–Trinajstić information content (AvgIpc) is 2.50. The zero-order valence-electron chi connectivity index (χ0n) is 12.3. The van der Waals surface area contributed by atoms with Crippen LogP contribution in [0.15, 0.2) is 24.3 Å². The van der Waals surface area contributed by atoms with Crippen molar-refractivity contribution in [2.75, 3.05) is 38.7 Å². The van der Waals surface area contributed by atoms with Gasteiger partial charge in [-0.25, -0.2) is 0 Å². The minimum Gasteiger partial charge on any atom is -0.491 e. The van der Waals surface area contributed by atoms with E-state index in [4.69, 9.17) is 9.47 Å². The van der Waals surface area contributed by atoms with Crippen LogP contribution in [-0.4, -0.2) is 39.3 Å². The lowest BCUT2D eigenvalue weighted by Crippen LogP contribution is -2.37. The first-order valence-electron chi connectivity index (χ1n) is 7.03. The maximum absolute atomic E-state index is 12.1. The first kappa shape index (κ1) is 17.8. The largest absolute Gasteiger partial charge is 0.491 e. The van der Waals surface area contributed by atoms with Gasteiger partial charge in [-0.15, -0.1) is 12.4 Å². The molecule has 0 bridgehead atoms. The number of carbonyl (C=O) groups excluding carboxylic acids is 1. The molecule has 1 aromatic carbocycles. The van der Waals surface area contributed by atoms with Gasteiger partial charge in [-0.3, -0.25) is 4.79 Å². The highest BCUT2D eigenvalue weighted by Crippen LogP contribution is 2.18. The first-order chi connectivity index (χ1) is 9.79. The molecular weight excluding hydrogens is 292 g/mol. The van der Waals surface area contributed by atoms with Gasteiger partial charge in [-0.05, 0) is 43.7 Å². The van der Waals surface area contributed by atoms with Gasteiger partial charge in [0.1, 0.15) is 12.4 Å². The van der Waals surface area contributed by atoms with Crippen molar-refractivity contribution in [3.05, 3.63) is 24.3 Å². The Morgan fingerprint density at radius 1 is 1.33 bits per heavy atom. The van der Waals surface area contributed by atoms with Gasteiger partial charge >= 0.3 is 0 Å². The van der Waals surface area contributed by atoms with E-state index in [1.807, 2.05) is 24.3 Å². The summed E-state index contributed by atoms with van der Waals surface area (Å²) in [6, 6.07) is 7.42. The number of nitrogens with one attached hydrogen (secondary N) is 2. The Morgan fingerprint density at radius 3 is 2.71 bits per heavy atom. The molecule has 6 heteroatoms. The molecule has 1 aliphatic rings. The number of benzene rings is 1. The van der Waals surface area contributed by atoms with Crippen molar-refractivity contribution < 1.29 is 14.3 Å². The molecule has 0 aromatic heterocycles. The second kappa shape index (κ2) is 9.60. The number of carbonyl (C=O) groups is 1. The van der Waals surface area contributed by atoms with Crippen LogP contribution in [0.3, 0.4) is 0 Å². The lowest BCUT2D eigenvalue weighted by atomic mass is 9.99. The summed E-state index contributed by atoms with van der Waals surface area (Å²) in [6.45, 7) is 2.87. The number of methoxy groups -OCH3 is 1. The number of halogens is 1. The van der Waals surface area contributed by atoms with Gasteiger partial charge in [0.2, 0.25) is 5.91 Å². The molecule has 0 radical (unpaired) electrons. The van der Waals surface area contributed by atoms with Gasteiger partial charge in [-0.2, -0.15) is 0 Å². The van der Waals surface area contributed by atoms with Crippen molar-refractivity contribution in [2.24, 2.45) is 5.92 Å². The van der Waals surface area contributed by atoms with E-state index in [2.05, 4.69) is 10.6 Å². The van der Waals surface area contributed by atoms with Crippen LogP contribution in [0, 0.1) is 5.92 Å². The molecule has 1 heterocycles. The highest BCUT2D eigenvalue weighted by Gasteiger charge is 2.20. The summed E-state index contributed by atoms with van der Waals surface area (Å²) in [6.07, 6.45) is 2.02. The minimum absolute atomic E-state index is 0. The number of hydrogen-bond acceptors (Lipinski definition) is 4. The van der Waals surface area contributed by atoms with Crippen LogP contribution >= 0.6 is 12.4 Å². The van der Waals surface area contributed by atoms with E-state index in [1.165, 1.54) is 0 Å². The van der Waals surface area contributed by atoms with E-state index in [-0.39, 0.29) is 24.2 Å². The van der Waals surface area contributed by atoms with E-state index in [0.717, 1.165) is 37.4 Å². The predicted molar refractivity (Wildman–Crippen MR) is 85.3 cm³/mol. The van der Waals surface area contributed by atoms with Crippen LogP contribution in [0.5, 0.6) is 5.75 Å². The van der Waals surface area contributed by atoms with Gasteiger partial charge in [0.05, 0.1) is 12.5 Å². The quantitative estimate of drug-likeness (QED) is 0.789. The van der Waals surface area contributed by atoms with E-state index in [1.54, 1.807) is 7.11 Å². The monoisotopic (exact) mass is 314 g/mol. The molecule has 0 spiro atoms. The predicted octanol–water partition coefficient (Wildman–Crippen LogP) is 2.07. The SMILES string of the molecule is COCCOc1ccc(NC(=O)C2CCCNC2)cc1.Cl. The van der Waals surface area contributed by atoms with Crippen LogP contribution in [0.25, 0.3) is 0 Å². The highest BCUT2D eigenvalue weighted by molar-refractivity contribution is 5.92. The lowest BCUT2D eigenvalue weighted by molar-refractivity contribution is -0.120. The Labute approximate surface area is 131 Å². The zero-order valence-corrected chi connectivity index (χ0v) is 13.1. The topological polar surface area (TPSA) is 59.6 Å². The Hall–Kier alpha value is -1.30. The molecule has 0 saturated carbocycles. The molecule has 1 amide bonds. The van der Waals surface area contributed by atoms with Gasteiger partial charge < -0.3 is 20.1 Å². The van der Waals surface area contributed by atoms with Crippen LogP contribution in [0.4, 0.5) is 5.69 Å². The Morgan fingerprint density at radius 2 is 2.10 bits per heavy atom. The van der Waals surface area contributed by atoms with Crippen LogP contribution in [0.1, 0.15) is 12.8 Å². The van der Waals surface area contributed by atoms with Crippen molar-refractivity contribution in [3.63, 3.8) is 0 Å². The third-order valence-electron chi connectivity index (χ3n) is 3.35. The van der Waals surface area contributed by atoms with Crippen molar-refractivity contribution in [3.8, 4) is 5.75 Å². The maximum atomic E-state index is 12.1. The molecule has 2 N–H and O–H groups in total. The summed E-state index contributed by atoms with van der Waals surface area (Å²) >= 11 is 0. The molecule has 2 rings (SSSR count). The van der Waals surface area contributed by atoms with E-state index in [0.29, 0.717) is 13.2 Å². The van der Waals surface area contributed by atoms with Crippen LogP contribution in [0.2, 0.25) is 0 Å². The third kappa shape index (κ3) is 5.91. The summed E-state index contributed by atoms with van der Waals surface area (Å²) < 4.78 is 10.4. The van der Waals surface area contributed by atoms with Crippen molar-refractivity contribution in [1.29, 1.82) is 0 Å². The summed E-state index contributed by atoms with van der Waals surface area (Å²) in [7, 11) is 1.64.